The van der Waals surface area contributed by atoms with Gasteiger partial charge < -0.3 is 19.9 Å². The minimum atomic E-state index is -3.66. The van der Waals surface area contributed by atoms with Gasteiger partial charge in [-0.05, 0) is 101 Å². The molecule has 3 fully saturated rings. The molecule has 1 amide bonds. The van der Waals surface area contributed by atoms with E-state index in [-0.39, 0.29) is 29.8 Å². The van der Waals surface area contributed by atoms with Gasteiger partial charge in [0.15, 0.2) is 0 Å². The summed E-state index contributed by atoms with van der Waals surface area (Å²) in [4.78, 5) is 18.1. The summed E-state index contributed by atoms with van der Waals surface area (Å²) in [6, 6.07) is 5.92. The van der Waals surface area contributed by atoms with Gasteiger partial charge in [0.25, 0.3) is 0 Å². The first-order valence-corrected chi connectivity index (χ1v) is 15.6. The maximum atomic E-state index is 13.0. The molecule has 2 aliphatic heterocycles. The topological polar surface area (TPSA) is 82.2 Å². The first kappa shape index (κ1) is 28.3. The number of benzene rings is 1. The van der Waals surface area contributed by atoms with E-state index in [1.165, 1.54) is 69.5 Å². The second kappa shape index (κ2) is 12.9. The summed E-state index contributed by atoms with van der Waals surface area (Å²) in [5, 5.41) is 3.14. The molecular weight excluding hydrogens is 488 g/mol. The van der Waals surface area contributed by atoms with Crippen molar-refractivity contribution in [2.75, 3.05) is 53.4 Å². The Bertz CT molecular complexity index is 995. The molecule has 0 unspecified atom stereocenters. The first-order chi connectivity index (χ1) is 17.8. The molecule has 0 radical (unpaired) electrons. The molecule has 1 aliphatic carbocycles. The number of nitrogens with one attached hydrogen (secondary N) is 1. The summed E-state index contributed by atoms with van der Waals surface area (Å²) >= 11 is 0. The molecule has 9 heteroatoms. The molecule has 1 saturated carbocycles. The van der Waals surface area contributed by atoms with E-state index >= 15 is 0 Å². The highest BCUT2D eigenvalue weighted by Gasteiger charge is 2.30. The van der Waals surface area contributed by atoms with Crippen LogP contribution in [0.25, 0.3) is 0 Å². The van der Waals surface area contributed by atoms with Crippen LogP contribution in [0.1, 0.15) is 63.4 Å². The van der Waals surface area contributed by atoms with Gasteiger partial charge in [-0.25, -0.2) is 12.7 Å². The summed E-state index contributed by atoms with van der Waals surface area (Å²) in [6.45, 7) is 7.78. The molecule has 4 rings (SSSR count). The Morgan fingerprint density at radius 3 is 2.35 bits per heavy atom. The summed E-state index contributed by atoms with van der Waals surface area (Å²) in [5.74, 6) is 1.36. The number of carbonyl (C=O) groups is 1. The summed E-state index contributed by atoms with van der Waals surface area (Å²) in [5.41, 5.74) is 0.627. The Labute approximate surface area is 223 Å². The fourth-order valence-electron chi connectivity index (χ4n) is 6.31. The van der Waals surface area contributed by atoms with E-state index in [0.717, 1.165) is 37.9 Å². The van der Waals surface area contributed by atoms with E-state index in [0.29, 0.717) is 11.3 Å². The van der Waals surface area contributed by atoms with Crippen molar-refractivity contribution in [1.82, 2.24) is 19.4 Å². The SMILES string of the molecule is COc1ccc(S(=O)(=O)N(C)CCC(=O)NC2CCN(CC3CCC(N4CCCC4)CC3)CC2)c(C)c1. The summed E-state index contributed by atoms with van der Waals surface area (Å²) in [7, 11) is -0.580. The molecule has 37 heavy (non-hydrogen) atoms. The molecule has 208 valence electrons. The largest absolute Gasteiger partial charge is 0.497 e. The number of methoxy groups -OCH3 is 1. The van der Waals surface area contributed by atoms with Gasteiger partial charge >= 0.3 is 0 Å². The maximum absolute atomic E-state index is 13.0. The van der Waals surface area contributed by atoms with Gasteiger partial charge in [-0.2, -0.15) is 0 Å². The molecule has 2 saturated heterocycles. The summed E-state index contributed by atoms with van der Waals surface area (Å²) in [6.07, 6.45) is 10.3. The molecule has 1 aromatic carbocycles. The lowest BCUT2D eigenvalue weighted by Gasteiger charge is -2.38. The Morgan fingerprint density at radius 2 is 1.73 bits per heavy atom. The number of hydrogen-bond donors (Lipinski definition) is 1. The maximum Gasteiger partial charge on any atom is 0.243 e. The van der Waals surface area contributed by atoms with Gasteiger partial charge in [0.1, 0.15) is 5.75 Å². The molecule has 0 bridgehead atoms. The minimum absolute atomic E-state index is 0.0767. The number of carbonyl (C=O) groups excluding carboxylic acids is 1. The highest BCUT2D eigenvalue weighted by atomic mass is 32.2. The van der Waals surface area contributed by atoms with Crippen molar-refractivity contribution >= 4 is 15.9 Å². The summed E-state index contributed by atoms with van der Waals surface area (Å²) < 4.78 is 32.4. The lowest BCUT2D eigenvalue weighted by atomic mass is 9.84. The highest BCUT2D eigenvalue weighted by Crippen LogP contribution is 2.30. The Morgan fingerprint density at radius 1 is 1.05 bits per heavy atom. The molecule has 0 atom stereocenters. The second-order valence-electron chi connectivity index (χ2n) is 11.3. The number of nitrogens with zero attached hydrogens (tertiary/aromatic N) is 3. The van der Waals surface area contributed by atoms with Gasteiger partial charge in [0.2, 0.25) is 15.9 Å². The number of hydrogen-bond acceptors (Lipinski definition) is 6. The van der Waals surface area contributed by atoms with Crippen LogP contribution in [0.15, 0.2) is 23.1 Å². The molecule has 8 nitrogen and oxygen atoms in total. The van der Waals surface area contributed by atoms with Crippen LogP contribution in [0, 0.1) is 12.8 Å². The number of aryl methyl sites for hydroxylation is 1. The average molecular weight is 535 g/mol. The molecular formula is C28H46N4O4S. The van der Waals surface area contributed by atoms with E-state index < -0.39 is 10.0 Å². The monoisotopic (exact) mass is 534 g/mol. The lowest BCUT2D eigenvalue weighted by molar-refractivity contribution is -0.122. The first-order valence-electron chi connectivity index (χ1n) is 14.1. The number of ether oxygens (including phenoxy) is 1. The molecule has 1 aromatic rings. The lowest BCUT2D eigenvalue weighted by Crippen LogP contribution is -2.47. The number of rotatable bonds is 10. The zero-order valence-corrected chi connectivity index (χ0v) is 23.8. The van der Waals surface area contributed by atoms with Crippen LogP contribution in [0.3, 0.4) is 0 Å². The van der Waals surface area contributed by atoms with Crippen molar-refractivity contribution in [2.45, 2.75) is 81.7 Å². The van der Waals surface area contributed by atoms with Crippen LogP contribution in [-0.2, 0) is 14.8 Å². The normalized spacial score (nSPS) is 24.4. The van der Waals surface area contributed by atoms with E-state index in [1.807, 2.05) is 0 Å². The van der Waals surface area contributed by atoms with Gasteiger partial charge in [-0.3, -0.25) is 4.79 Å². The van der Waals surface area contributed by atoms with Crippen molar-refractivity contribution in [3.63, 3.8) is 0 Å². The number of likely N-dealkylation sites (tertiary alicyclic amines) is 2. The van der Waals surface area contributed by atoms with E-state index in [2.05, 4.69) is 15.1 Å². The Balaban J connectivity index is 1.14. The van der Waals surface area contributed by atoms with Crippen molar-refractivity contribution in [3.05, 3.63) is 23.8 Å². The van der Waals surface area contributed by atoms with Crippen LogP contribution < -0.4 is 10.1 Å². The van der Waals surface area contributed by atoms with Crippen LogP contribution >= 0.6 is 0 Å². The van der Waals surface area contributed by atoms with E-state index in [9.17, 15) is 13.2 Å². The predicted octanol–water partition coefficient (Wildman–Crippen LogP) is 3.25. The fourth-order valence-corrected chi connectivity index (χ4v) is 7.68. The Hall–Kier alpha value is -1.68. The molecule has 0 spiro atoms. The van der Waals surface area contributed by atoms with Crippen LogP contribution in [0.2, 0.25) is 0 Å². The van der Waals surface area contributed by atoms with Crippen molar-refractivity contribution in [2.24, 2.45) is 5.92 Å². The predicted molar refractivity (Wildman–Crippen MR) is 146 cm³/mol. The second-order valence-corrected chi connectivity index (χ2v) is 13.3. The van der Waals surface area contributed by atoms with E-state index in [4.69, 9.17) is 4.74 Å². The van der Waals surface area contributed by atoms with Crippen LogP contribution in [0.5, 0.6) is 5.75 Å². The quantitative estimate of drug-likeness (QED) is 0.496. The number of sulfonamides is 1. The molecule has 2 heterocycles. The van der Waals surface area contributed by atoms with Crippen molar-refractivity contribution < 1.29 is 17.9 Å². The third kappa shape index (κ3) is 7.46. The van der Waals surface area contributed by atoms with Gasteiger partial charge in [0, 0.05) is 51.7 Å². The highest BCUT2D eigenvalue weighted by molar-refractivity contribution is 7.89. The smallest absolute Gasteiger partial charge is 0.243 e. The van der Waals surface area contributed by atoms with Gasteiger partial charge in [0.05, 0.1) is 12.0 Å². The average Bonchev–Trinajstić information content (AvgIpc) is 3.43. The van der Waals surface area contributed by atoms with Crippen molar-refractivity contribution in [3.8, 4) is 5.75 Å². The minimum Gasteiger partial charge on any atom is -0.497 e. The van der Waals surface area contributed by atoms with Gasteiger partial charge in [-0.1, -0.05) is 0 Å². The van der Waals surface area contributed by atoms with Gasteiger partial charge in [-0.15, -0.1) is 0 Å². The van der Waals surface area contributed by atoms with E-state index in [1.54, 1.807) is 32.2 Å². The third-order valence-corrected chi connectivity index (χ3v) is 10.7. The fraction of sp³-hybridized carbons (Fsp3) is 0.750. The van der Waals surface area contributed by atoms with Crippen LogP contribution in [0.4, 0.5) is 0 Å². The molecule has 0 aromatic heterocycles. The van der Waals surface area contributed by atoms with Crippen molar-refractivity contribution in [1.29, 1.82) is 0 Å². The standard InChI is InChI=1S/C28H46N4O4S/c1-22-20-26(36-3)10-11-27(22)37(34,35)30(2)17-14-28(33)29-24-12-18-31(19-13-24)21-23-6-8-25(9-7-23)32-15-4-5-16-32/h10-11,20,23-25H,4-9,12-19,21H2,1-3H3,(H,29,33). The zero-order valence-electron chi connectivity index (χ0n) is 23.0. The number of amides is 1. The molecule has 3 aliphatic rings. The third-order valence-electron chi connectivity index (χ3n) is 8.67. The number of piperidine rings is 1. The Kier molecular flexibility index (Phi) is 9.89. The zero-order chi connectivity index (χ0) is 26.4. The van der Waals surface area contributed by atoms with Crippen LogP contribution in [-0.4, -0.2) is 93.9 Å². The molecule has 1 N–H and O–H groups in total.